The summed E-state index contributed by atoms with van der Waals surface area (Å²) in [6.07, 6.45) is 2.92. The van der Waals surface area contributed by atoms with Gasteiger partial charge in [0.2, 0.25) is 0 Å². The molecule has 128 valence electrons. The van der Waals surface area contributed by atoms with Crippen molar-refractivity contribution in [3.63, 3.8) is 0 Å². The van der Waals surface area contributed by atoms with E-state index < -0.39 is 0 Å². The minimum Gasteiger partial charge on any atom is -0.335 e. The van der Waals surface area contributed by atoms with Crippen LogP contribution in [0.2, 0.25) is 0 Å². The molecule has 1 aromatic rings. The fourth-order valence-corrected chi connectivity index (χ4v) is 3.20. The Morgan fingerprint density at radius 3 is 2.61 bits per heavy atom. The lowest BCUT2D eigenvalue weighted by molar-refractivity contribution is 0.0772. The Kier molecular flexibility index (Phi) is 5.93. The van der Waals surface area contributed by atoms with Crippen LogP contribution in [0.5, 0.6) is 0 Å². The number of likely N-dealkylation sites (tertiary alicyclic amines) is 1. The van der Waals surface area contributed by atoms with Crippen molar-refractivity contribution in [1.29, 1.82) is 0 Å². The van der Waals surface area contributed by atoms with Crippen molar-refractivity contribution in [3.8, 4) is 0 Å². The number of hydrogen-bond donors (Lipinski definition) is 0. The zero-order valence-electron chi connectivity index (χ0n) is 14.7. The number of nitrogens with zero attached hydrogens (tertiary/aromatic N) is 4. The molecule has 23 heavy (non-hydrogen) atoms. The highest BCUT2D eigenvalue weighted by Crippen LogP contribution is 2.24. The van der Waals surface area contributed by atoms with E-state index in [4.69, 9.17) is 0 Å². The highest BCUT2D eigenvalue weighted by molar-refractivity contribution is 5.92. The first kappa shape index (κ1) is 17.7. The highest BCUT2D eigenvalue weighted by Gasteiger charge is 2.36. The van der Waals surface area contributed by atoms with Gasteiger partial charge in [-0.05, 0) is 32.5 Å². The van der Waals surface area contributed by atoms with Crippen molar-refractivity contribution in [2.24, 2.45) is 5.92 Å². The standard InChI is InChI=1S/C17H28N4O2/c1-5-7-10-21-16(22)9-8-14(18-21)17(23)20-11-13(6-2)15(12-20)19(3)4/h8-9,13,15H,5-7,10-12H2,1-4H3/t13-,15-/m1/s1. The van der Waals surface area contributed by atoms with E-state index in [1.54, 1.807) is 6.07 Å². The Bertz CT molecular complexity index is 597. The molecule has 2 atom stereocenters. The Balaban J connectivity index is 2.16. The average Bonchev–Trinajstić information content (AvgIpc) is 2.98. The zero-order chi connectivity index (χ0) is 17.0. The quantitative estimate of drug-likeness (QED) is 0.796. The molecule has 0 spiro atoms. The van der Waals surface area contributed by atoms with Crippen molar-refractivity contribution in [2.75, 3.05) is 27.2 Å². The van der Waals surface area contributed by atoms with Crippen LogP contribution in [0.3, 0.4) is 0 Å². The second-order valence-electron chi connectivity index (χ2n) is 6.54. The van der Waals surface area contributed by atoms with Crippen LogP contribution in [0.15, 0.2) is 16.9 Å². The minimum atomic E-state index is -0.144. The molecule has 0 N–H and O–H groups in total. The van der Waals surface area contributed by atoms with Gasteiger partial charge >= 0.3 is 0 Å². The van der Waals surface area contributed by atoms with E-state index in [-0.39, 0.29) is 11.5 Å². The fraction of sp³-hybridized carbons (Fsp3) is 0.706. The number of aromatic nitrogens is 2. The molecule has 2 rings (SSSR count). The number of likely N-dealkylation sites (N-methyl/N-ethyl adjacent to an activating group) is 1. The summed E-state index contributed by atoms with van der Waals surface area (Å²) in [4.78, 5) is 28.6. The van der Waals surface area contributed by atoms with Gasteiger partial charge in [-0.2, -0.15) is 5.10 Å². The molecule has 6 nitrogen and oxygen atoms in total. The van der Waals surface area contributed by atoms with Crippen molar-refractivity contribution >= 4 is 5.91 Å². The van der Waals surface area contributed by atoms with Crippen LogP contribution < -0.4 is 5.56 Å². The molecule has 1 saturated heterocycles. The molecule has 0 aliphatic carbocycles. The normalized spacial score (nSPS) is 21.2. The topological polar surface area (TPSA) is 58.4 Å². The van der Waals surface area contributed by atoms with Crippen LogP contribution in [0.1, 0.15) is 43.6 Å². The summed E-state index contributed by atoms with van der Waals surface area (Å²) in [5, 5.41) is 4.27. The van der Waals surface area contributed by atoms with Crippen LogP contribution in [0.25, 0.3) is 0 Å². The van der Waals surface area contributed by atoms with Gasteiger partial charge in [0.05, 0.1) is 0 Å². The Morgan fingerprint density at radius 1 is 1.30 bits per heavy atom. The van der Waals surface area contributed by atoms with E-state index in [0.29, 0.717) is 24.2 Å². The van der Waals surface area contributed by atoms with E-state index in [1.807, 2.05) is 4.90 Å². The van der Waals surface area contributed by atoms with Gasteiger partial charge in [0.25, 0.3) is 11.5 Å². The number of aryl methyl sites for hydroxylation is 1. The third-order valence-electron chi connectivity index (χ3n) is 4.69. The predicted octanol–water partition coefficient (Wildman–Crippen LogP) is 1.46. The second-order valence-corrected chi connectivity index (χ2v) is 6.54. The van der Waals surface area contributed by atoms with Crippen molar-refractivity contribution < 1.29 is 4.79 Å². The highest BCUT2D eigenvalue weighted by atomic mass is 16.2. The number of rotatable bonds is 6. The molecule has 0 aromatic carbocycles. The third-order valence-corrected chi connectivity index (χ3v) is 4.69. The van der Waals surface area contributed by atoms with Crippen LogP contribution in [0.4, 0.5) is 0 Å². The summed E-state index contributed by atoms with van der Waals surface area (Å²) >= 11 is 0. The lowest BCUT2D eigenvalue weighted by Crippen LogP contribution is -2.37. The van der Waals surface area contributed by atoms with E-state index >= 15 is 0 Å². The van der Waals surface area contributed by atoms with E-state index in [0.717, 1.165) is 32.4 Å². The van der Waals surface area contributed by atoms with Gasteiger partial charge < -0.3 is 9.80 Å². The average molecular weight is 320 g/mol. The van der Waals surface area contributed by atoms with E-state index in [2.05, 4.69) is 37.9 Å². The van der Waals surface area contributed by atoms with E-state index in [9.17, 15) is 9.59 Å². The molecule has 0 radical (unpaired) electrons. The maximum Gasteiger partial charge on any atom is 0.274 e. The van der Waals surface area contributed by atoms with Crippen molar-refractivity contribution in [3.05, 3.63) is 28.2 Å². The predicted molar refractivity (Wildman–Crippen MR) is 90.6 cm³/mol. The Morgan fingerprint density at radius 2 is 2.04 bits per heavy atom. The van der Waals surface area contributed by atoms with Gasteiger partial charge in [0, 0.05) is 31.7 Å². The summed E-state index contributed by atoms with van der Waals surface area (Å²) < 4.78 is 1.41. The van der Waals surface area contributed by atoms with Crippen LogP contribution in [-0.4, -0.2) is 58.7 Å². The lowest BCUT2D eigenvalue weighted by atomic mass is 10.0. The summed E-state index contributed by atoms with van der Waals surface area (Å²) in [6.45, 7) is 6.28. The number of carbonyl (C=O) groups is 1. The second kappa shape index (κ2) is 7.73. The number of unbranched alkanes of at least 4 members (excludes halogenated alkanes) is 1. The molecule has 6 heteroatoms. The zero-order valence-corrected chi connectivity index (χ0v) is 14.7. The first-order valence-electron chi connectivity index (χ1n) is 8.51. The monoisotopic (exact) mass is 320 g/mol. The smallest absolute Gasteiger partial charge is 0.274 e. The van der Waals surface area contributed by atoms with E-state index in [1.165, 1.54) is 10.7 Å². The van der Waals surface area contributed by atoms with Gasteiger partial charge in [0.15, 0.2) is 0 Å². The lowest BCUT2D eigenvalue weighted by Gasteiger charge is -2.23. The molecule has 2 heterocycles. The van der Waals surface area contributed by atoms with Crippen molar-refractivity contribution in [1.82, 2.24) is 19.6 Å². The third kappa shape index (κ3) is 3.99. The Labute approximate surface area is 138 Å². The molecule has 0 saturated carbocycles. The van der Waals surface area contributed by atoms with Crippen LogP contribution >= 0.6 is 0 Å². The van der Waals surface area contributed by atoms with Gasteiger partial charge in [-0.1, -0.05) is 26.7 Å². The summed E-state index contributed by atoms with van der Waals surface area (Å²) in [7, 11) is 4.12. The van der Waals surface area contributed by atoms with Crippen LogP contribution in [0, 0.1) is 5.92 Å². The van der Waals surface area contributed by atoms with Gasteiger partial charge in [0.1, 0.15) is 5.69 Å². The molecular weight excluding hydrogens is 292 g/mol. The molecular formula is C17H28N4O2. The molecule has 1 amide bonds. The number of carbonyl (C=O) groups excluding carboxylic acids is 1. The summed E-state index contributed by atoms with van der Waals surface area (Å²) in [5.41, 5.74) is 0.226. The molecule has 0 bridgehead atoms. The molecule has 1 aromatic heterocycles. The fourth-order valence-electron chi connectivity index (χ4n) is 3.20. The minimum absolute atomic E-state index is 0.0713. The maximum atomic E-state index is 12.7. The molecule has 1 aliphatic rings. The summed E-state index contributed by atoms with van der Waals surface area (Å²) in [6, 6.07) is 3.39. The SMILES string of the molecule is CCCCn1nc(C(=O)N2C[C@@H](CC)[C@H](N(C)C)C2)ccc1=O. The van der Waals surface area contributed by atoms with Crippen LogP contribution in [-0.2, 0) is 6.54 Å². The molecule has 0 unspecified atom stereocenters. The van der Waals surface area contributed by atoms with Gasteiger partial charge in [-0.15, -0.1) is 0 Å². The first-order chi connectivity index (χ1) is 11.0. The largest absolute Gasteiger partial charge is 0.335 e. The first-order valence-corrected chi connectivity index (χ1v) is 8.51. The van der Waals surface area contributed by atoms with Gasteiger partial charge in [-0.25, -0.2) is 4.68 Å². The Hall–Kier alpha value is -1.69. The number of hydrogen-bond acceptors (Lipinski definition) is 4. The van der Waals surface area contributed by atoms with Gasteiger partial charge in [-0.3, -0.25) is 9.59 Å². The van der Waals surface area contributed by atoms with Crippen molar-refractivity contribution in [2.45, 2.75) is 45.7 Å². The number of amides is 1. The maximum absolute atomic E-state index is 12.7. The molecule has 1 fully saturated rings. The summed E-state index contributed by atoms with van der Waals surface area (Å²) in [5.74, 6) is 0.415. The molecule has 1 aliphatic heterocycles.